The molecule has 3 heteroatoms. The van der Waals surface area contributed by atoms with Gasteiger partial charge in [0, 0.05) is 21.9 Å². The van der Waals surface area contributed by atoms with Crippen LogP contribution in [0.3, 0.4) is 0 Å². The van der Waals surface area contributed by atoms with E-state index < -0.39 is 6.10 Å². The minimum absolute atomic E-state index is 0.230. The zero-order chi connectivity index (χ0) is 12.3. The van der Waals surface area contributed by atoms with Gasteiger partial charge in [0.1, 0.15) is 11.4 Å². The molecule has 0 radical (unpaired) electrons. The maximum atomic E-state index is 10.3. The van der Waals surface area contributed by atoms with E-state index in [-0.39, 0.29) is 11.0 Å². The van der Waals surface area contributed by atoms with Gasteiger partial charge in [-0.1, -0.05) is 28.9 Å². The molecule has 2 aliphatic rings. The Morgan fingerprint density at radius 3 is 2.71 bits per heavy atom. The van der Waals surface area contributed by atoms with Crippen molar-refractivity contribution in [3.05, 3.63) is 28.2 Å². The second-order valence-electron chi connectivity index (χ2n) is 5.80. The van der Waals surface area contributed by atoms with Gasteiger partial charge in [-0.15, -0.1) is 0 Å². The van der Waals surface area contributed by atoms with Crippen LogP contribution < -0.4 is 4.74 Å². The van der Waals surface area contributed by atoms with Crippen molar-refractivity contribution in [3.63, 3.8) is 0 Å². The minimum Gasteiger partial charge on any atom is -0.486 e. The Bertz CT molecular complexity index is 467. The molecule has 3 rings (SSSR count). The lowest BCUT2D eigenvalue weighted by molar-refractivity contribution is -0.0472. The van der Waals surface area contributed by atoms with E-state index in [0.717, 1.165) is 15.8 Å². The van der Waals surface area contributed by atoms with E-state index in [1.807, 2.05) is 18.2 Å². The summed E-state index contributed by atoms with van der Waals surface area (Å²) >= 11 is 3.45. The fourth-order valence-corrected chi connectivity index (χ4v) is 3.06. The summed E-state index contributed by atoms with van der Waals surface area (Å²) in [5.74, 6) is 0.828. The summed E-state index contributed by atoms with van der Waals surface area (Å²) in [5, 5.41) is 10.3. The number of aliphatic hydroxyl groups is 1. The number of aliphatic hydroxyl groups excluding tert-OH is 1. The number of fused-ring (bicyclic) bond motifs is 1. The van der Waals surface area contributed by atoms with E-state index >= 15 is 0 Å². The molecule has 0 aromatic heterocycles. The first kappa shape index (κ1) is 11.5. The van der Waals surface area contributed by atoms with E-state index in [0.29, 0.717) is 6.42 Å². The van der Waals surface area contributed by atoms with Crippen molar-refractivity contribution < 1.29 is 9.84 Å². The molecule has 1 aliphatic heterocycles. The normalized spacial score (nSPS) is 33.8. The number of halogens is 1. The fourth-order valence-electron chi connectivity index (χ4n) is 2.72. The quantitative estimate of drug-likeness (QED) is 0.853. The number of hydrogen-bond acceptors (Lipinski definition) is 2. The summed E-state index contributed by atoms with van der Waals surface area (Å²) in [6.07, 6.45) is 2.67. The molecule has 1 aromatic carbocycles. The van der Waals surface area contributed by atoms with Crippen molar-refractivity contribution in [2.24, 2.45) is 5.41 Å². The number of rotatable bonds is 1. The molecule has 17 heavy (non-hydrogen) atoms. The zero-order valence-corrected chi connectivity index (χ0v) is 11.8. The van der Waals surface area contributed by atoms with Crippen LogP contribution in [0.1, 0.15) is 44.8 Å². The van der Waals surface area contributed by atoms with E-state index in [9.17, 15) is 5.11 Å². The predicted molar refractivity (Wildman–Crippen MR) is 70.1 cm³/mol. The molecule has 1 fully saturated rings. The van der Waals surface area contributed by atoms with Gasteiger partial charge >= 0.3 is 0 Å². The molecule has 0 bridgehead atoms. The summed E-state index contributed by atoms with van der Waals surface area (Å²) in [4.78, 5) is 0. The van der Waals surface area contributed by atoms with Crippen molar-refractivity contribution in [2.45, 2.75) is 44.8 Å². The van der Waals surface area contributed by atoms with Crippen molar-refractivity contribution in [3.8, 4) is 5.75 Å². The predicted octanol–water partition coefficient (Wildman–Crippen LogP) is 3.82. The molecule has 0 spiro atoms. The number of hydrogen-bond donors (Lipinski definition) is 1. The molecule has 1 heterocycles. The molecule has 92 valence electrons. The van der Waals surface area contributed by atoms with Gasteiger partial charge in [-0.05, 0) is 31.9 Å². The van der Waals surface area contributed by atoms with Gasteiger partial charge in [-0.3, -0.25) is 0 Å². The molecule has 0 amide bonds. The topological polar surface area (TPSA) is 29.5 Å². The first-order valence-corrected chi connectivity index (χ1v) is 6.89. The average molecular weight is 297 g/mol. The summed E-state index contributed by atoms with van der Waals surface area (Å²) in [6, 6.07) is 5.85. The first-order valence-electron chi connectivity index (χ1n) is 6.10. The third-order valence-corrected chi connectivity index (χ3v) is 5.02. The lowest BCUT2D eigenvalue weighted by Gasteiger charge is -2.42. The number of benzene rings is 1. The zero-order valence-electron chi connectivity index (χ0n) is 10.2. The largest absolute Gasteiger partial charge is 0.486 e. The maximum absolute atomic E-state index is 10.3. The molecule has 1 N–H and O–H groups in total. The van der Waals surface area contributed by atoms with Gasteiger partial charge < -0.3 is 9.84 Å². The Morgan fingerprint density at radius 1 is 1.35 bits per heavy atom. The van der Waals surface area contributed by atoms with Crippen LogP contribution in [0.4, 0.5) is 0 Å². The van der Waals surface area contributed by atoms with E-state index in [4.69, 9.17) is 4.74 Å². The minimum atomic E-state index is -0.408. The molecule has 0 saturated heterocycles. The van der Waals surface area contributed by atoms with Crippen LogP contribution >= 0.6 is 15.9 Å². The standard InChI is InChI=1S/C14H17BrO2/c1-13(5-6-13)14(2)8-11(16)10-4-3-9(15)7-12(10)17-14/h3-4,7,11,16H,5-6,8H2,1-2H3. The van der Waals surface area contributed by atoms with Gasteiger partial charge in [-0.25, -0.2) is 0 Å². The van der Waals surface area contributed by atoms with Crippen LogP contribution in [0.2, 0.25) is 0 Å². The second kappa shape index (κ2) is 3.48. The van der Waals surface area contributed by atoms with Crippen molar-refractivity contribution in [1.82, 2.24) is 0 Å². The third-order valence-electron chi connectivity index (χ3n) is 4.53. The number of ether oxygens (including phenoxy) is 1. The Hall–Kier alpha value is -0.540. The van der Waals surface area contributed by atoms with E-state index in [1.165, 1.54) is 12.8 Å². The molecule has 2 nitrogen and oxygen atoms in total. The molecular formula is C14H17BrO2. The second-order valence-corrected chi connectivity index (χ2v) is 6.71. The lowest BCUT2D eigenvalue weighted by atomic mass is 9.79. The van der Waals surface area contributed by atoms with Crippen molar-refractivity contribution in [2.75, 3.05) is 0 Å². The van der Waals surface area contributed by atoms with Gasteiger partial charge in [0.25, 0.3) is 0 Å². The van der Waals surface area contributed by atoms with Gasteiger partial charge in [0.2, 0.25) is 0 Å². The van der Waals surface area contributed by atoms with E-state index in [1.54, 1.807) is 0 Å². The summed E-state index contributed by atoms with van der Waals surface area (Å²) in [5.41, 5.74) is 0.906. The third kappa shape index (κ3) is 1.71. The lowest BCUT2D eigenvalue weighted by Crippen LogP contribution is -2.45. The highest BCUT2D eigenvalue weighted by atomic mass is 79.9. The monoisotopic (exact) mass is 296 g/mol. The Balaban J connectivity index is 2.02. The van der Waals surface area contributed by atoms with Crippen LogP contribution in [-0.2, 0) is 0 Å². The highest BCUT2D eigenvalue weighted by Gasteiger charge is 2.57. The molecule has 1 aromatic rings. The van der Waals surface area contributed by atoms with Crippen LogP contribution in [0.5, 0.6) is 5.75 Å². The Morgan fingerprint density at radius 2 is 2.06 bits per heavy atom. The van der Waals surface area contributed by atoms with Crippen molar-refractivity contribution >= 4 is 15.9 Å². The van der Waals surface area contributed by atoms with Gasteiger partial charge in [0.05, 0.1) is 6.10 Å². The van der Waals surface area contributed by atoms with Crippen LogP contribution in [-0.4, -0.2) is 10.7 Å². The summed E-state index contributed by atoms with van der Waals surface area (Å²) < 4.78 is 7.20. The summed E-state index contributed by atoms with van der Waals surface area (Å²) in [7, 11) is 0. The average Bonchev–Trinajstić information content (AvgIpc) is 2.97. The van der Waals surface area contributed by atoms with Gasteiger partial charge in [0.15, 0.2) is 0 Å². The smallest absolute Gasteiger partial charge is 0.127 e. The van der Waals surface area contributed by atoms with Crippen LogP contribution in [0.25, 0.3) is 0 Å². The highest BCUT2D eigenvalue weighted by Crippen LogP contribution is 2.59. The van der Waals surface area contributed by atoms with Crippen molar-refractivity contribution in [1.29, 1.82) is 0 Å². The maximum Gasteiger partial charge on any atom is 0.127 e. The Labute approximate surface area is 110 Å². The Kier molecular flexibility index (Phi) is 2.37. The molecule has 1 saturated carbocycles. The fraction of sp³-hybridized carbons (Fsp3) is 0.571. The SMILES string of the molecule is CC1(C2(C)CC(O)c3ccc(Br)cc3O2)CC1. The molecular weight excluding hydrogens is 280 g/mol. The van der Waals surface area contributed by atoms with Crippen LogP contribution in [0, 0.1) is 5.41 Å². The molecule has 2 atom stereocenters. The van der Waals surface area contributed by atoms with E-state index in [2.05, 4.69) is 29.8 Å². The van der Waals surface area contributed by atoms with Gasteiger partial charge in [-0.2, -0.15) is 0 Å². The molecule has 1 aliphatic carbocycles. The highest BCUT2D eigenvalue weighted by molar-refractivity contribution is 9.10. The van der Waals surface area contributed by atoms with Crippen LogP contribution in [0.15, 0.2) is 22.7 Å². The first-order chi connectivity index (χ1) is 7.94. The molecule has 2 unspecified atom stereocenters. The summed E-state index contributed by atoms with van der Waals surface area (Å²) in [6.45, 7) is 4.38.